The lowest BCUT2D eigenvalue weighted by Crippen LogP contribution is -2.33. The number of hydrogen-bond acceptors (Lipinski definition) is 6. The maximum atomic E-state index is 10.4. The van der Waals surface area contributed by atoms with E-state index in [4.69, 9.17) is 27.9 Å². The molecule has 2 heterocycles. The summed E-state index contributed by atoms with van der Waals surface area (Å²) in [6, 6.07) is 3.33. The van der Waals surface area contributed by atoms with Crippen molar-refractivity contribution in [2.75, 3.05) is 11.9 Å². The molecule has 0 amide bonds. The Kier molecular flexibility index (Phi) is 4.92. The molecule has 1 aliphatic rings. The smallest absolute Gasteiger partial charge is 0.206 e. The molecule has 0 unspecified atom stereocenters. The standard InChI is InChI=1S/C15H19Cl2N3O4/c1-6(2)18-15-19-9-3-7(16)8(17)4-10(9)20(15)14-13(23)12(22)11(5-21)24-14/h3-4,6,11-14,21-23H,5H2,1-2H3,(H,18,19)/t11-,12-,13+,14-/m1/s1. The second-order valence-corrected chi connectivity index (χ2v) is 6.90. The summed E-state index contributed by atoms with van der Waals surface area (Å²) in [7, 11) is 0. The minimum atomic E-state index is -1.22. The number of ether oxygens (including phenoxy) is 1. The average Bonchev–Trinajstić information content (AvgIpc) is 2.97. The van der Waals surface area contributed by atoms with Gasteiger partial charge in [0.05, 0.1) is 27.7 Å². The summed E-state index contributed by atoms with van der Waals surface area (Å²) in [4.78, 5) is 4.48. The Hall–Kier alpha value is -1.09. The van der Waals surface area contributed by atoms with Crippen molar-refractivity contribution >= 4 is 40.2 Å². The highest BCUT2D eigenvalue weighted by Gasteiger charge is 2.44. The van der Waals surface area contributed by atoms with Gasteiger partial charge in [0.2, 0.25) is 5.95 Å². The second-order valence-electron chi connectivity index (χ2n) is 6.09. The molecule has 4 N–H and O–H groups in total. The summed E-state index contributed by atoms with van der Waals surface area (Å²) in [5.74, 6) is 0.452. The SMILES string of the molecule is CC(C)Nc1nc2cc(Cl)c(Cl)cc2n1[C@@H]1O[C@H](CO)[C@@H](O)[C@@H]1O. The Morgan fingerprint density at radius 1 is 1.25 bits per heavy atom. The molecule has 1 aromatic heterocycles. The normalized spacial score (nSPS) is 27.3. The van der Waals surface area contributed by atoms with Crippen LogP contribution in [0.25, 0.3) is 11.0 Å². The molecule has 3 rings (SSSR count). The van der Waals surface area contributed by atoms with Crippen LogP contribution in [0.2, 0.25) is 10.0 Å². The van der Waals surface area contributed by atoms with E-state index in [0.717, 1.165) is 0 Å². The highest BCUT2D eigenvalue weighted by Crippen LogP contribution is 2.37. The van der Waals surface area contributed by atoms with Crippen LogP contribution >= 0.6 is 23.2 Å². The van der Waals surface area contributed by atoms with Gasteiger partial charge in [0.25, 0.3) is 0 Å². The number of nitrogens with one attached hydrogen (secondary N) is 1. The first kappa shape index (κ1) is 17.7. The van der Waals surface area contributed by atoms with Crippen LogP contribution in [0, 0.1) is 0 Å². The van der Waals surface area contributed by atoms with Crippen LogP contribution < -0.4 is 5.32 Å². The second kappa shape index (κ2) is 6.67. The molecule has 4 atom stereocenters. The number of imidazole rings is 1. The van der Waals surface area contributed by atoms with E-state index >= 15 is 0 Å². The zero-order valence-corrected chi connectivity index (χ0v) is 14.7. The van der Waals surface area contributed by atoms with Crippen molar-refractivity contribution < 1.29 is 20.1 Å². The number of rotatable bonds is 4. The molecule has 24 heavy (non-hydrogen) atoms. The van der Waals surface area contributed by atoms with Gasteiger partial charge in [-0.3, -0.25) is 4.57 Å². The Morgan fingerprint density at radius 3 is 2.50 bits per heavy atom. The molecule has 0 radical (unpaired) electrons. The minimum absolute atomic E-state index is 0.0728. The van der Waals surface area contributed by atoms with Crippen LogP contribution in [0.5, 0.6) is 0 Å². The molecular weight excluding hydrogens is 357 g/mol. The molecule has 0 aliphatic carbocycles. The summed E-state index contributed by atoms with van der Waals surface area (Å²) in [5, 5.41) is 33.6. The fourth-order valence-corrected chi connectivity index (χ4v) is 3.12. The first-order valence-corrected chi connectivity index (χ1v) is 8.35. The lowest BCUT2D eigenvalue weighted by molar-refractivity contribution is -0.0499. The van der Waals surface area contributed by atoms with Gasteiger partial charge in [0, 0.05) is 6.04 Å². The summed E-state index contributed by atoms with van der Waals surface area (Å²) in [6.07, 6.45) is -4.22. The van der Waals surface area contributed by atoms with Crippen LogP contribution in [0.15, 0.2) is 12.1 Å². The molecule has 0 bridgehead atoms. The van der Waals surface area contributed by atoms with Gasteiger partial charge in [-0.05, 0) is 26.0 Å². The van der Waals surface area contributed by atoms with Crippen molar-refractivity contribution in [1.82, 2.24) is 9.55 Å². The van der Waals surface area contributed by atoms with Gasteiger partial charge in [-0.25, -0.2) is 4.98 Å². The first-order valence-electron chi connectivity index (χ1n) is 7.59. The van der Waals surface area contributed by atoms with Crippen molar-refractivity contribution in [3.05, 3.63) is 22.2 Å². The monoisotopic (exact) mass is 375 g/mol. The van der Waals surface area contributed by atoms with E-state index in [-0.39, 0.29) is 6.04 Å². The Morgan fingerprint density at radius 2 is 1.92 bits per heavy atom. The van der Waals surface area contributed by atoms with Gasteiger partial charge in [0.1, 0.15) is 18.3 Å². The quantitative estimate of drug-likeness (QED) is 0.649. The number of fused-ring (bicyclic) bond motifs is 1. The Labute approximate surface area is 148 Å². The van der Waals surface area contributed by atoms with Gasteiger partial charge in [0.15, 0.2) is 6.23 Å². The van der Waals surface area contributed by atoms with E-state index in [1.807, 2.05) is 13.8 Å². The summed E-state index contributed by atoms with van der Waals surface area (Å²) < 4.78 is 7.26. The van der Waals surface area contributed by atoms with Crippen molar-refractivity contribution in [1.29, 1.82) is 0 Å². The number of halogens is 2. The third-order valence-electron chi connectivity index (χ3n) is 3.92. The molecule has 0 spiro atoms. The number of aromatic nitrogens is 2. The zero-order valence-electron chi connectivity index (χ0n) is 13.1. The lowest BCUT2D eigenvalue weighted by Gasteiger charge is -2.21. The van der Waals surface area contributed by atoms with E-state index in [1.165, 1.54) is 0 Å². The predicted molar refractivity (Wildman–Crippen MR) is 91.5 cm³/mol. The Bertz CT molecular complexity index is 752. The van der Waals surface area contributed by atoms with E-state index in [0.29, 0.717) is 27.0 Å². The third-order valence-corrected chi connectivity index (χ3v) is 4.64. The van der Waals surface area contributed by atoms with Gasteiger partial charge in [-0.2, -0.15) is 0 Å². The van der Waals surface area contributed by atoms with Crippen LogP contribution in [-0.4, -0.2) is 55.8 Å². The molecule has 7 nitrogen and oxygen atoms in total. The molecule has 1 saturated heterocycles. The van der Waals surface area contributed by atoms with Crippen LogP contribution in [0.3, 0.4) is 0 Å². The number of benzene rings is 1. The maximum Gasteiger partial charge on any atom is 0.206 e. The molecular formula is C15H19Cl2N3O4. The maximum absolute atomic E-state index is 10.4. The number of anilines is 1. The lowest BCUT2D eigenvalue weighted by atomic mass is 10.1. The van der Waals surface area contributed by atoms with Gasteiger partial charge < -0.3 is 25.4 Å². The fraction of sp³-hybridized carbons (Fsp3) is 0.533. The molecule has 1 aromatic carbocycles. The largest absolute Gasteiger partial charge is 0.394 e. The van der Waals surface area contributed by atoms with Crippen molar-refractivity contribution in [2.24, 2.45) is 0 Å². The summed E-state index contributed by atoms with van der Waals surface area (Å²) in [5.41, 5.74) is 1.17. The Balaban J connectivity index is 2.15. The van der Waals surface area contributed by atoms with Crippen LogP contribution in [-0.2, 0) is 4.74 Å². The molecule has 9 heteroatoms. The molecule has 1 aliphatic heterocycles. The third kappa shape index (κ3) is 2.96. The van der Waals surface area contributed by atoms with Crippen molar-refractivity contribution in [3.63, 3.8) is 0 Å². The van der Waals surface area contributed by atoms with Crippen LogP contribution in [0.4, 0.5) is 5.95 Å². The molecule has 0 saturated carbocycles. The van der Waals surface area contributed by atoms with Gasteiger partial charge in [-0.1, -0.05) is 23.2 Å². The molecule has 132 valence electrons. The van der Waals surface area contributed by atoms with E-state index in [1.54, 1.807) is 16.7 Å². The number of aliphatic hydroxyl groups is 3. The van der Waals surface area contributed by atoms with Gasteiger partial charge in [-0.15, -0.1) is 0 Å². The number of hydrogen-bond donors (Lipinski definition) is 4. The molecule has 1 fully saturated rings. The minimum Gasteiger partial charge on any atom is -0.394 e. The molecule has 2 aromatic rings. The van der Waals surface area contributed by atoms with Gasteiger partial charge >= 0.3 is 0 Å². The highest BCUT2D eigenvalue weighted by atomic mass is 35.5. The first-order chi connectivity index (χ1) is 11.3. The number of nitrogens with zero attached hydrogens (tertiary/aromatic N) is 2. The summed E-state index contributed by atoms with van der Waals surface area (Å²) in [6.45, 7) is 3.49. The van der Waals surface area contributed by atoms with E-state index < -0.39 is 31.1 Å². The van der Waals surface area contributed by atoms with Crippen molar-refractivity contribution in [3.8, 4) is 0 Å². The highest BCUT2D eigenvalue weighted by molar-refractivity contribution is 6.42. The van der Waals surface area contributed by atoms with Crippen molar-refractivity contribution in [2.45, 2.75) is 44.4 Å². The van der Waals surface area contributed by atoms with E-state index in [9.17, 15) is 15.3 Å². The fourth-order valence-electron chi connectivity index (χ4n) is 2.80. The van der Waals surface area contributed by atoms with Crippen LogP contribution in [0.1, 0.15) is 20.1 Å². The predicted octanol–water partition coefficient (Wildman–Crippen LogP) is 1.77. The topological polar surface area (TPSA) is 99.8 Å². The zero-order chi connectivity index (χ0) is 17.6. The number of aliphatic hydroxyl groups excluding tert-OH is 3. The average molecular weight is 376 g/mol. The van der Waals surface area contributed by atoms with E-state index in [2.05, 4.69) is 10.3 Å². The summed E-state index contributed by atoms with van der Waals surface area (Å²) >= 11 is 12.2.